The normalized spacial score (nSPS) is 17.5. The maximum Gasteiger partial charge on any atom is 0.319 e. The largest absolute Gasteiger partial charge is 0.465 e. The van der Waals surface area contributed by atoms with Gasteiger partial charge in [0.1, 0.15) is 10.4 Å². The zero-order valence-corrected chi connectivity index (χ0v) is 13.7. The second-order valence-electron chi connectivity index (χ2n) is 5.14. The average Bonchev–Trinajstić information content (AvgIpc) is 3.05. The highest BCUT2D eigenvalue weighted by Gasteiger charge is 2.46. The predicted molar refractivity (Wildman–Crippen MR) is 84.1 cm³/mol. The SMILES string of the molecule is CCOC(=O)C1(c2nc3ccc(Br)cc3s2)CCCC1. The number of ether oxygens (including phenoxy) is 1. The van der Waals surface area contributed by atoms with Crippen LogP contribution < -0.4 is 0 Å². The Balaban J connectivity index is 2.07. The van der Waals surface area contributed by atoms with Crippen LogP contribution in [0.4, 0.5) is 0 Å². The summed E-state index contributed by atoms with van der Waals surface area (Å²) in [7, 11) is 0. The molecule has 0 bridgehead atoms. The van der Waals surface area contributed by atoms with Gasteiger partial charge in [-0.25, -0.2) is 4.98 Å². The number of aromatic nitrogens is 1. The van der Waals surface area contributed by atoms with Crippen LogP contribution in [0, 0.1) is 0 Å². The summed E-state index contributed by atoms with van der Waals surface area (Å²) in [5, 5.41) is 0.918. The van der Waals surface area contributed by atoms with Gasteiger partial charge >= 0.3 is 5.97 Å². The third kappa shape index (κ3) is 2.27. The molecule has 5 heteroatoms. The van der Waals surface area contributed by atoms with Gasteiger partial charge in [-0.1, -0.05) is 28.8 Å². The maximum absolute atomic E-state index is 12.4. The molecule has 0 unspecified atom stereocenters. The van der Waals surface area contributed by atoms with Crippen molar-refractivity contribution in [1.82, 2.24) is 4.98 Å². The van der Waals surface area contributed by atoms with E-state index in [1.807, 2.05) is 19.1 Å². The predicted octanol–water partition coefficient (Wildman–Crippen LogP) is 4.43. The highest BCUT2D eigenvalue weighted by atomic mass is 79.9. The highest BCUT2D eigenvalue weighted by Crippen LogP contribution is 2.45. The molecule has 1 fully saturated rings. The summed E-state index contributed by atoms with van der Waals surface area (Å²) in [5.74, 6) is -0.101. The van der Waals surface area contributed by atoms with Crippen molar-refractivity contribution in [1.29, 1.82) is 0 Å². The fourth-order valence-electron chi connectivity index (χ4n) is 2.86. The lowest BCUT2D eigenvalue weighted by Crippen LogP contribution is -2.34. The van der Waals surface area contributed by atoms with Crippen LogP contribution in [0.15, 0.2) is 22.7 Å². The Morgan fingerprint density at radius 3 is 2.90 bits per heavy atom. The van der Waals surface area contributed by atoms with Crippen LogP contribution in [0.25, 0.3) is 10.2 Å². The molecule has 0 saturated heterocycles. The Kier molecular flexibility index (Phi) is 3.82. The molecule has 0 amide bonds. The van der Waals surface area contributed by atoms with E-state index in [1.165, 1.54) is 0 Å². The van der Waals surface area contributed by atoms with Crippen LogP contribution in [0.1, 0.15) is 37.6 Å². The molecule has 1 aromatic carbocycles. The molecule has 0 N–H and O–H groups in total. The summed E-state index contributed by atoms with van der Waals surface area (Å²) in [6, 6.07) is 6.04. The number of halogens is 1. The van der Waals surface area contributed by atoms with Gasteiger partial charge in [0, 0.05) is 4.47 Å². The third-order valence-electron chi connectivity index (χ3n) is 3.88. The van der Waals surface area contributed by atoms with Crippen LogP contribution in [-0.4, -0.2) is 17.6 Å². The lowest BCUT2D eigenvalue weighted by molar-refractivity contribution is -0.150. The summed E-state index contributed by atoms with van der Waals surface area (Å²) in [6.45, 7) is 2.28. The number of carbonyl (C=O) groups is 1. The molecule has 1 aromatic heterocycles. The molecule has 2 aromatic rings. The summed E-state index contributed by atoms with van der Waals surface area (Å²) in [6.07, 6.45) is 3.84. The second-order valence-corrected chi connectivity index (χ2v) is 7.09. The Morgan fingerprint density at radius 2 is 2.20 bits per heavy atom. The molecule has 106 valence electrons. The minimum Gasteiger partial charge on any atom is -0.465 e. The lowest BCUT2D eigenvalue weighted by Gasteiger charge is -2.23. The fraction of sp³-hybridized carbons (Fsp3) is 0.467. The fourth-order valence-corrected chi connectivity index (χ4v) is 4.61. The van der Waals surface area contributed by atoms with Crippen LogP contribution >= 0.6 is 27.3 Å². The van der Waals surface area contributed by atoms with Gasteiger partial charge in [-0.05, 0) is 38.0 Å². The standard InChI is InChI=1S/C15H16BrNO2S/c1-2-19-14(18)15(7-3-4-8-15)13-17-11-6-5-10(16)9-12(11)20-13/h5-6,9H,2-4,7-8H2,1H3. The summed E-state index contributed by atoms with van der Waals surface area (Å²) in [5.41, 5.74) is 0.454. The smallest absolute Gasteiger partial charge is 0.319 e. The van der Waals surface area contributed by atoms with Crippen molar-refractivity contribution in [3.8, 4) is 0 Å². The minimum absolute atomic E-state index is 0.101. The summed E-state index contributed by atoms with van der Waals surface area (Å²) >= 11 is 5.10. The highest BCUT2D eigenvalue weighted by molar-refractivity contribution is 9.10. The molecule has 1 aliphatic carbocycles. The van der Waals surface area contributed by atoms with Crippen molar-refractivity contribution in [2.24, 2.45) is 0 Å². The molecule has 0 spiro atoms. The van der Waals surface area contributed by atoms with Gasteiger partial charge < -0.3 is 4.74 Å². The summed E-state index contributed by atoms with van der Waals surface area (Å²) in [4.78, 5) is 17.2. The Morgan fingerprint density at radius 1 is 1.45 bits per heavy atom. The molecule has 1 aliphatic rings. The number of hydrogen-bond acceptors (Lipinski definition) is 4. The molecule has 1 heterocycles. The molecular formula is C15H16BrNO2S. The van der Waals surface area contributed by atoms with Crippen molar-refractivity contribution in [3.05, 3.63) is 27.7 Å². The monoisotopic (exact) mass is 353 g/mol. The van der Waals surface area contributed by atoms with Crippen LogP contribution in [0.3, 0.4) is 0 Å². The van der Waals surface area contributed by atoms with E-state index < -0.39 is 5.41 Å². The number of esters is 1. The van der Waals surface area contributed by atoms with E-state index in [9.17, 15) is 4.79 Å². The van der Waals surface area contributed by atoms with Gasteiger partial charge in [0.15, 0.2) is 0 Å². The number of fused-ring (bicyclic) bond motifs is 1. The molecular weight excluding hydrogens is 338 g/mol. The van der Waals surface area contributed by atoms with E-state index >= 15 is 0 Å². The van der Waals surface area contributed by atoms with Crippen LogP contribution in [0.5, 0.6) is 0 Å². The summed E-state index contributed by atoms with van der Waals surface area (Å²) < 4.78 is 7.48. The van der Waals surface area contributed by atoms with Crippen molar-refractivity contribution in [2.45, 2.75) is 38.0 Å². The van der Waals surface area contributed by atoms with Gasteiger partial charge in [0.25, 0.3) is 0 Å². The van der Waals surface area contributed by atoms with Gasteiger partial charge in [-0.2, -0.15) is 0 Å². The number of benzene rings is 1. The van der Waals surface area contributed by atoms with E-state index in [1.54, 1.807) is 11.3 Å². The lowest BCUT2D eigenvalue weighted by atomic mass is 9.87. The molecule has 0 radical (unpaired) electrons. The number of hydrogen-bond donors (Lipinski definition) is 0. The van der Waals surface area contributed by atoms with E-state index in [2.05, 4.69) is 22.0 Å². The van der Waals surface area contributed by atoms with Crippen molar-refractivity contribution < 1.29 is 9.53 Å². The van der Waals surface area contributed by atoms with Crippen molar-refractivity contribution >= 4 is 43.5 Å². The second kappa shape index (κ2) is 5.45. The zero-order valence-electron chi connectivity index (χ0n) is 11.3. The van der Waals surface area contributed by atoms with Crippen molar-refractivity contribution in [2.75, 3.05) is 6.61 Å². The van der Waals surface area contributed by atoms with E-state index in [-0.39, 0.29) is 5.97 Å². The zero-order chi connectivity index (χ0) is 14.2. The first-order valence-electron chi connectivity index (χ1n) is 6.89. The first-order valence-corrected chi connectivity index (χ1v) is 8.50. The first-order chi connectivity index (χ1) is 9.65. The molecule has 20 heavy (non-hydrogen) atoms. The van der Waals surface area contributed by atoms with Crippen LogP contribution in [-0.2, 0) is 14.9 Å². The van der Waals surface area contributed by atoms with Gasteiger partial charge in [0.2, 0.25) is 0 Å². The van der Waals surface area contributed by atoms with Gasteiger partial charge in [-0.15, -0.1) is 11.3 Å². The van der Waals surface area contributed by atoms with Crippen LogP contribution in [0.2, 0.25) is 0 Å². The van der Waals surface area contributed by atoms with Gasteiger partial charge in [0.05, 0.1) is 16.8 Å². The number of nitrogens with zero attached hydrogens (tertiary/aromatic N) is 1. The molecule has 1 saturated carbocycles. The average molecular weight is 354 g/mol. The first kappa shape index (κ1) is 14.0. The third-order valence-corrected chi connectivity index (χ3v) is 5.60. The van der Waals surface area contributed by atoms with Gasteiger partial charge in [-0.3, -0.25) is 4.79 Å². The molecule has 0 aliphatic heterocycles. The quantitative estimate of drug-likeness (QED) is 0.766. The minimum atomic E-state index is -0.508. The van der Waals surface area contributed by atoms with Crippen molar-refractivity contribution in [3.63, 3.8) is 0 Å². The van der Waals surface area contributed by atoms with E-state index in [0.29, 0.717) is 6.61 Å². The Bertz CT molecular complexity index is 646. The Labute approximate surface area is 130 Å². The molecule has 3 nitrogen and oxygen atoms in total. The number of carbonyl (C=O) groups excluding carboxylic acids is 1. The molecule has 0 atom stereocenters. The van der Waals surface area contributed by atoms with E-state index in [0.717, 1.165) is 45.4 Å². The molecule has 3 rings (SSSR count). The number of rotatable bonds is 3. The Hall–Kier alpha value is -0.940. The number of thiazole rings is 1. The topological polar surface area (TPSA) is 39.2 Å². The maximum atomic E-state index is 12.4. The van der Waals surface area contributed by atoms with E-state index in [4.69, 9.17) is 9.72 Å².